The molecule has 0 aliphatic carbocycles. The molecule has 1 aromatic carbocycles. The largest absolute Gasteiger partial charge is 0.355 e. The molecule has 1 aromatic rings. The predicted octanol–water partition coefficient (Wildman–Crippen LogP) is 1.79. The Bertz CT molecular complexity index is 487. The molecule has 4 nitrogen and oxygen atoms in total. The summed E-state index contributed by atoms with van der Waals surface area (Å²) in [5.41, 5.74) is 1.55. The molecule has 0 aliphatic rings. The average Bonchev–Trinajstić information content (AvgIpc) is 2.45. The molecule has 0 heterocycles. The van der Waals surface area contributed by atoms with E-state index in [9.17, 15) is 9.59 Å². The SMILES string of the molecule is CC=CC=CC(=O)NCc1ccc(C(=O)NC)cc1. The van der Waals surface area contributed by atoms with Gasteiger partial charge in [0, 0.05) is 25.2 Å². The molecule has 4 heteroatoms. The minimum atomic E-state index is -0.145. The number of nitrogens with one attached hydrogen (secondary N) is 2. The van der Waals surface area contributed by atoms with E-state index in [2.05, 4.69) is 10.6 Å². The second-order valence-corrected chi connectivity index (χ2v) is 3.88. The third kappa shape index (κ3) is 5.21. The summed E-state index contributed by atoms with van der Waals surface area (Å²) >= 11 is 0. The van der Waals surface area contributed by atoms with Crippen LogP contribution in [0.15, 0.2) is 48.6 Å². The first-order valence-electron chi connectivity index (χ1n) is 6.05. The Morgan fingerprint density at radius 2 is 1.84 bits per heavy atom. The third-order valence-electron chi connectivity index (χ3n) is 2.46. The lowest BCUT2D eigenvalue weighted by Gasteiger charge is -2.04. The first-order chi connectivity index (χ1) is 9.17. The van der Waals surface area contributed by atoms with Crippen molar-refractivity contribution in [3.05, 3.63) is 59.7 Å². The Kier molecular flexibility index (Phi) is 6.09. The van der Waals surface area contributed by atoms with E-state index in [0.29, 0.717) is 12.1 Å². The molecule has 100 valence electrons. The zero-order valence-corrected chi connectivity index (χ0v) is 11.1. The highest BCUT2D eigenvalue weighted by Gasteiger charge is 2.02. The van der Waals surface area contributed by atoms with Gasteiger partial charge in [0.05, 0.1) is 0 Å². The van der Waals surface area contributed by atoms with E-state index in [1.54, 1.807) is 31.3 Å². The molecule has 2 N–H and O–H groups in total. The number of hydrogen-bond acceptors (Lipinski definition) is 2. The standard InChI is InChI=1S/C15H18N2O2/c1-3-4-5-6-14(18)17-11-12-7-9-13(10-8-12)15(19)16-2/h3-10H,11H2,1-2H3,(H,16,19)(H,17,18). The van der Waals surface area contributed by atoms with Crippen LogP contribution >= 0.6 is 0 Å². The van der Waals surface area contributed by atoms with E-state index in [1.807, 2.05) is 25.1 Å². The molecule has 0 unspecified atom stereocenters. The fourth-order valence-electron chi connectivity index (χ4n) is 1.42. The highest BCUT2D eigenvalue weighted by atomic mass is 16.2. The lowest BCUT2D eigenvalue weighted by atomic mass is 10.1. The van der Waals surface area contributed by atoms with Crippen molar-refractivity contribution in [2.75, 3.05) is 7.05 Å². The summed E-state index contributed by atoms with van der Waals surface area (Å²) < 4.78 is 0. The van der Waals surface area contributed by atoms with Gasteiger partial charge in [0.15, 0.2) is 0 Å². The van der Waals surface area contributed by atoms with Gasteiger partial charge in [-0.2, -0.15) is 0 Å². The molecule has 0 aliphatic heterocycles. The Hall–Kier alpha value is -2.36. The van der Waals surface area contributed by atoms with Crippen molar-refractivity contribution in [1.29, 1.82) is 0 Å². The maximum Gasteiger partial charge on any atom is 0.251 e. The summed E-state index contributed by atoms with van der Waals surface area (Å²) in [6.07, 6.45) is 6.79. The van der Waals surface area contributed by atoms with Crippen LogP contribution in [0, 0.1) is 0 Å². The zero-order chi connectivity index (χ0) is 14.1. The lowest BCUT2D eigenvalue weighted by molar-refractivity contribution is -0.116. The second-order valence-electron chi connectivity index (χ2n) is 3.88. The third-order valence-corrected chi connectivity index (χ3v) is 2.46. The molecule has 0 atom stereocenters. The number of amides is 2. The molecular formula is C15H18N2O2. The topological polar surface area (TPSA) is 58.2 Å². The van der Waals surface area contributed by atoms with Crippen molar-refractivity contribution in [3.8, 4) is 0 Å². The first-order valence-corrected chi connectivity index (χ1v) is 6.05. The van der Waals surface area contributed by atoms with Gasteiger partial charge in [-0.1, -0.05) is 30.4 Å². The Morgan fingerprint density at radius 1 is 1.16 bits per heavy atom. The number of benzene rings is 1. The van der Waals surface area contributed by atoms with E-state index < -0.39 is 0 Å². The number of hydrogen-bond donors (Lipinski definition) is 2. The molecule has 0 fully saturated rings. The molecule has 0 radical (unpaired) electrons. The van der Waals surface area contributed by atoms with Crippen LogP contribution in [0.25, 0.3) is 0 Å². The maximum absolute atomic E-state index is 11.4. The van der Waals surface area contributed by atoms with E-state index in [4.69, 9.17) is 0 Å². The average molecular weight is 258 g/mol. The lowest BCUT2D eigenvalue weighted by Crippen LogP contribution is -2.20. The first kappa shape index (κ1) is 14.7. The predicted molar refractivity (Wildman–Crippen MR) is 75.6 cm³/mol. The van der Waals surface area contributed by atoms with Crippen LogP contribution in [0.1, 0.15) is 22.8 Å². The van der Waals surface area contributed by atoms with Crippen molar-refractivity contribution < 1.29 is 9.59 Å². The summed E-state index contributed by atoms with van der Waals surface area (Å²) in [6, 6.07) is 7.10. The Balaban J connectivity index is 2.50. The van der Waals surface area contributed by atoms with Crippen LogP contribution in [0.3, 0.4) is 0 Å². The molecule has 0 saturated carbocycles. The molecule has 2 amide bonds. The summed E-state index contributed by atoms with van der Waals surface area (Å²) in [4.78, 5) is 22.8. The van der Waals surface area contributed by atoms with Gasteiger partial charge in [-0.3, -0.25) is 9.59 Å². The van der Waals surface area contributed by atoms with Crippen LogP contribution in [0.5, 0.6) is 0 Å². The van der Waals surface area contributed by atoms with Gasteiger partial charge in [-0.15, -0.1) is 0 Å². The van der Waals surface area contributed by atoms with Crippen LogP contribution in [-0.2, 0) is 11.3 Å². The highest BCUT2D eigenvalue weighted by molar-refractivity contribution is 5.94. The molecule has 0 bridgehead atoms. The number of carbonyl (C=O) groups excluding carboxylic acids is 2. The van der Waals surface area contributed by atoms with Gasteiger partial charge in [0.1, 0.15) is 0 Å². The Morgan fingerprint density at radius 3 is 2.42 bits per heavy atom. The zero-order valence-electron chi connectivity index (χ0n) is 11.1. The summed E-state index contributed by atoms with van der Waals surface area (Å²) in [7, 11) is 1.59. The molecule has 1 rings (SSSR count). The normalized spacial score (nSPS) is 10.8. The quantitative estimate of drug-likeness (QED) is 0.625. The van der Waals surface area contributed by atoms with Gasteiger partial charge >= 0.3 is 0 Å². The van der Waals surface area contributed by atoms with Gasteiger partial charge in [-0.05, 0) is 24.6 Å². The minimum Gasteiger partial charge on any atom is -0.355 e. The minimum absolute atomic E-state index is 0.120. The number of allylic oxidation sites excluding steroid dienone is 3. The van der Waals surface area contributed by atoms with Crippen LogP contribution in [0.2, 0.25) is 0 Å². The van der Waals surface area contributed by atoms with E-state index in [-0.39, 0.29) is 11.8 Å². The van der Waals surface area contributed by atoms with Crippen LogP contribution in [0.4, 0.5) is 0 Å². The molecule has 0 saturated heterocycles. The summed E-state index contributed by atoms with van der Waals surface area (Å²) in [5.74, 6) is -0.265. The number of rotatable bonds is 5. The van der Waals surface area contributed by atoms with Gasteiger partial charge in [0.2, 0.25) is 5.91 Å². The van der Waals surface area contributed by atoms with Gasteiger partial charge < -0.3 is 10.6 Å². The molecule has 0 spiro atoms. The van der Waals surface area contributed by atoms with Crippen LogP contribution < -0.4 is 10.6 Å². The van der Waals surface area contributed by atoms with Crippen molar-refractivity contribution in [3.63, 3.8) is 0 Å². The summed E-state index contributed by atoms with van der Waals surface area (Å²) in [6.45, 7) is 2.32. The molecule has 0 aromatic heterocycles. The highest BCUT2D eigenvalue weighted by Crippen LogP contribution is 2.04. The van der Waals surface area contributed by atoms with Crippen molar-refractivity contribution in [1.82, 2.24) is 10.6 Å². The fraction of sp³-hybridized carbons (Fsp3) is 0.200. The Labute approximate surface area is 113 Å². The van der Waals surface area contributed by atoms with Crippen molar-refractivity contribution >= 4 is 11.8 Å². The smallest absolute Gasteiger partial charge is 0.251 e. The van der Waals surface area contributed by atoms with E-state index in [0.717, 1.165) is 5.56 Å². The monoisotopic (exact) mass is 258 g/mol. The second kappa shape index (κ2) is 7.87. The van der Waals surface area contributed by atoms with Gasteiger partial charge in [0.25, 0.3) is 5.91 Å². The van der Waals surface area contributed by atoms with Crippen LogP contribution in [-0.4, -0.2) is 18.9 Å². The molecular weight excluding hydrogens is 240 g/mol. The summed E-state index contributed by atoms with van der Waals surface area (Å²) in [5, 5.41) is 5.32. The van der Waals surface area contributed by atoms with E-state index >= 15 is 0 Å². The van der Waals surface area contributed by atoms with Crippen molar-refractivity contribution in [2.45, 2.75) is 13.5 Å². The number of carbonyl (C=O) groups is 2. The van der Waals surface area contributed by atoms with Gasteiger partial charge in [-0.25, -0.2) is 0 Å². The fourth-order valence-corrected chi connectivity index (χ4v) is 1.42. The van der Waals surface area contributed by atoms with E-state index in [1.165, 1.54) is 6.08 Å². The maximum atomic E-state index is 11.4. The van der Waals surface area contributed by atoms with Crippen molar-refractivity contribution in [2.24, 2.45) is 0 Å². The molecule has 19 heavy (non-hydrogen) atoms.